The molecule has 0 radical (unpaired) electrons. The van der Waals surface area contributed by atoms with Gasteiger partial charge in [0.15, 0.2) is 11.0 Å². The van der Waals surface area contributed by atoms with E-state index in [1.807, 2.05) is 0 Å². The van der Waals surface area contributed by atoms with Crippen LogP contribution in [0.15, 0.2) is 57.8 Å². The van der Waals surface area contributed by atoms with E-state index in [1.54, 1.807) is 42.5 Å². The van der Waals surface area contributed by atoms with Gasteiger partial charge in [0.1, 0.15) is 4.90 Å². The quantitative estimate of drug-likeness (QED) is 0.779. The van der Waals surface area contributed by atoms with Gasteiger partial charge in [0.25, 0.3) is 10.0 Å². The third-order valence-corrected chi connectivity index (χ3v) is 5.83. The fourth-order valence-corrected chi connectivity index (χ4v) is 4.34. The highest BCUT2D eigenvalue weighted by atomic mass is 32.2. The zero-order chi connectivity index (χ0) is 18.7. The van der Waals surface area contributed by atoms with E-state index in [1.165, 1.54) is 13.0 Å². The van der Waals surface area contributed by atoms with Gasteiger partial charge in [-0.15, -0.1) is 4.40 Å². The molecule has 0 atom stereocenters. The highest BCUT2D eigenvalue weighted by Gasteiger charge is 2.24. The molecule has 0 aliphatic carbocycles. The number of ketones is 1. The van der Waals surface area contributed by atoms with Crippen LogP contribution >= 0.6 is 11.8 Å². The van der Waals surface area contributed by atoms with Crippen LogP contribution in [0.3, 0.4) is 0 Å². The first-order valence-electron chi connectivity index (χ1n) is 7.60. The second-order valence-corrected chi connectivity index (χ2v) is 8.00. The largest absolute Gasteiger partial charge is 0.333 e. The Morgan fingerprint density at radius 3 is 2.69 bits per heavy atom. The van der Waals surface area contributed by atoms with Crippen molar-refractivity contribution in [1.29, 1.82) is 0 Å². The summed E-state index contributed by atoms with van der Waals surface area (Å²) in [6.45, 7) is 1.45. The maximum absolute atomic E-state index is 12.1. The molecule has 0 saturated heterocycles. The van der Waals surface area contributed by atoms with Crippen molar-refractivity contribution in [3.05, 3.63) is 54.1 Å². The maximum atomic E-state index is 12.1. The SMILES string of the molecule is CC(=O)c1cccc(NC(=O)CSC2=NS(=O)(=O)c3ccccc3N2)c1. The Balaban J connectivity index is 1.65. The Morgan fingerprint density at radius 1 is 1.15 bits per heavy atom. The molecule has 0 saturated carbocycles. The number of Topliss-reactive ketones (excluding diaryl/α,β-unsaturated/α-hetero) is 1. The summed E-state index contributed by atoms with van der Waals surface area (Å²) in [5.41, 5.74) is 1.43. The average Bonchev–Trinajstić information content (AvgIpc) is 2.60. The van der Waals surface area contributed by atoms with Gasteiger partial charge >= 0.3 is 0 Å². The fourth-order valence-electron chi connectivity index (χ4n) is 2.30. The summed E-state index contributed by atoms with van der Waals surface area (Å²) < 4.78 is 28.0. The zero-order valence-corrected chi connectivity index (χ0v) is 15.4. The molecule has 134 valence electrons. The van der Waals surface area contributed by atoms with E-state index in [9.17, 15) is 18.0 Å². The van der Waals surface area contributed by atoms with Crippen LogP contribution in [0.5, 0.6) is 0 Å². The lowest BCUT2D eigenvalue weighted by Gasteiger charge is -2.17. The molecule has 9 heteroatoms. The number of sulfonamides is 1. The van der Waals surface area contributed by atoms with Gasteiger partial charge < -0.3 is 10.6 Å². The Labute approximate surface area is 155 Å². The Bertz CT molecular complexity index is 1020. The van der Waals surface area contributed by atoms with Gasteiger partial charge in [-0.1, -0.05) is 36.0 Å². The Hall–Kier alpha value is -2.65. The number of thioether (sulfide) groups is 1. The summed E-state index contributed by atoms with van der Waals surface area (Å²) in [6, 6.07) is 13.0. The highest BCUT2D eigenvalue weighted by Crippen LogP contribution is 2.28. The molecule has 0 unspecified atom stereocenters. The van der Waals surface area contributed by atoms with Crippen molar-refractivity contribution in [2.75, 3.05) is 16.4 Å². The van der Waals surface area contributed by atoms with Crippen LogP contribution in [-0.4, -0.2) is 31.0 Å². The van der Waals surface area contributed by atoms with Crippen molar-refractivity contribution in [3.8, 4) is 0 Å². The molecule has 1 amide bonds. The Kier molecular flexibility index (Phi) is 5.10. The molecule has 2 aromatic carbocycles. The molecule has 2 N–H and O–H groups in total. The van der Waals surface area contributed by atoms with Crippen molar-refractivity contribution in [2.45, 2.75) is 11.8 Å². The van der Waals surface area contributed by atoms with Crippen molar-refractivity contribution in [3.63, 3.8) is 0 Å². The summed E-state index contributed by atoms with van der Waals surface area (Å²) in [6.07, 6.45) is 0. The van der Waals surface area contributed by atoms with Crippen molar-refractivity contribution in [2.24, 2.45) is 4.40 Å². The number of amides is 1. The number of para-hydroxylation sites is 1. The second-order valence-electron chi connectivity index (χ2n) is 5.47. The smallest absolute Gasteiger partial charge is 0.286 e. The third-order valence-electron chi connectivity index (χ3n) is 3.50. The first-order valence-corrected chi connectivity index (χ1v) is 10.0. The lowest BCUT2D eigenvalue weighted by Crippen LogP contribution is -2.22. The summed E-state index contributed by atoms with van der Waals surface area (Å²) in [7, 11) is -3.78. The van der Waals surface area contributed by atoms with E-state index in [0.29, 0.717) is 16.9 Å². The molecule has 26 heavy (non-hydrogen) atoms. The monoisotopic (exact) mass is 389 g/mol. The van der Waals surface area contributed by atoms with Crippen molar-refractivity contribution < 1.29 is 18.0 Å². The standard InChI is InChI=1S/C17H15N3O4S2/c1-11(21)12-5-4-6-13(9-12)18-16(22)10-25-17-19-14-7-2-3-8-15(14)26(23,24)20-17/h2-9H,10H2,1H3,(H,18,22)(H,19,20). The zero-order valence-electron chi connectivity index (χ0n) is 13.7. The number of rotatable bonds is 4. The topological polar surface area (TPSA) is 105 Å². The molecular weight excluding hydrogens is 374 g/mol. The summed E-state index contributed by atoms with van der Waals surface area (Å²) in [5, 5.41) is 5.71. The fraction of sp³-hybridized carbons (Fsp3) is 0.118. The Morgan fingerprint density at radius 2 is 1.92 bits per heavy atom. The summed E-state index contributed by atoms with van der Waals surface area (Å²) in [5.74, 6) is -0.468. The van der Waals surface area contributed by atoms with Gasteiger partial charge in [-0.05, 0) is 31.2 Å². The van der Waals surface area contributed by atoms with E-state index in [2.05, 4.69) is 15.0 Å². The normalized spacial score (nSPS) is 14.6. The minimum absolute atomic E-state index is 0.0339. The van der Waals surface area contributed by atoms with Crippen LogP contribution in [-0.2, 0) is 14.8 Å². The van der Waals surface area contributed by atoms with E-state index < -0.39 is 10.0 Å². The number of benzene rings is 2. The summed E-state index contributed by atoms with van der Waals surface area (Å²) in [4.78, 5) is 23.6. The molecule has 2 aromatic rings. The number of amidine groups is 1. The van der Waals surface area contributed by atoms with Gasteiger partial charge in [0.2, 0.25) is 5.91 Å². The number of nitrogens with one attached hydrogen (secondary N) is 2. The molecule has 0 spiro atoms. The molecular formula is C17H15N3O4S2. The van der Waals surface area contributed by atoms with Crippen LogP contribution < -0.4 is 10.6 Å². The van der Waals surface area contributed by atoms with Gasteiger partial charge in [-0.25, -0.2) is 0 Å². The number of fused-ring (bicyclic) bond motifs is 1. The average molecular weight is 389 g/mol. The van der Waals surface area contributed by atoms with Crippen LogP contribution in [0, 0.1) is 0 Å². The molecule has 7 nitrogen and oxygen atoms in total. The molecule has 0 fully saturated rings. The van der Waals surface area contributed by atoms with Crippen molar-refractivity contribution in [1.82, 2.24) is 0 Å². The number of hydrogen-bond acceptors (Lipinski definition) is 6. The maximum Gasteiger partial charge on any atom is 0.286 e. The van der Waals surface area contributed by atoms with E-state index in [4.69, 9.17) is 0 Å². The molecule has 0 bridgehead atoms. The van der Waals surface area contributed by atoms with Crippen LogP contribution in [0.25, 0.3) is 0 Å². The molecule has 0 aromatic heterocycles. The van der Waals surface area contributed by atoms with E-state index in [0.717, 1.165) is 11.8 Å². The number of hydrogen-bond donors (Lipinski definition) is 2. The van der Waals surface area contributed by atoms with Crippen molar-refractivity contribution >= 4 is 50.0 Å². The van der Waals surface area contributed by atoms with Crippen LogP contribution in [0.1, 0.15) is 17.3 Å². The van der Waals surface area contributed by atoms with Gasteiger partial charge in [-0.2, -0.15) is 8.42 Å². The molecule has 1 aliphatic heterocycles. The predicted octanol–water partition coefficient (Wildman–Crippen LogP) is 2.73. The minimum atomic E-state index is -3.78. The first-order chi connectivity index (χ1) is 12.3. The summed E-state index contributed by atoms with van der Waals surface area (Å²) >= 11 is 0.982. The van der Waals surface area contributed by atoms with Gasteiger partial charge in [-0.3, -0.25) is 9.59 Å². The third kappa shape index (κ3) is 4.12. The minimum Gasteiger partial charge on any atom is -0.333 e. The molecule has 3 rings (SSSR count). The van der Waals surface area contributed by atoms with Crippen LogP contribution in [0.2, 0.25) is 0 Å². The number of nitrogens with zero attached hydrogens (tertiary/aromatic N) is 1. The van der Waals surface area contributed by atoms with Gasteiger partial charge in [0.05, 0.1) is 11.4 Å². The first kappa shape index (κ1) is 18.2. The second kappa shape index (κ2) is 7.30. The molecule has 1 aliphatic rings. The lowest BCUT2D eigenvalue weighted by atomic mass is 10.1. The predicted molar refractivity (Wildman–Crippen MR) is 102 cm³/mol. The van der Waals surface area contributed by atoms with Gasteiger partial charge in [0, 0.05) is 11.3 Å². The van der Waals surface area contributed by atoms with E-state index in [-0.39, 0.29) is 27.5 Å². The van der Waals surface area contributed by atoms with E-state index >= 15 is 0 Å². The molecule has 1 heterocycles. The lowest BCUT2D eigenvalue weighted by molar-refractivity contribution is -0.113. The number of carbonyl (C=O) groups is 2. The number of anilines is 2. The highest BCUT2D eigenvalue weighted by molar-refractivity contribution is 8.15. The number of carbonyl (C=O) groups excluding carboxylic acids is 2. The van der Waals surface area contributed by atoms with Crippen LogP contribution in [0.4, 0.5) is 11.4 Å².